The molecule has 4 rings (SSSR count). The number of rotatable bonds is 5. The van der Waals surface area contributed by atoms with Crippen LogP contribution in [0.15, 0.2) is 78.9 Å². The van der Waals surface area contributed by atoms with Crippen LogP contribution in [0.3, 0.4) is 0 Å². The fourth-order valence-corrected chi connectivity index (χ4v) is 3.60. The highest BCUT2D eigenvalue weighted by Gasteiger charge is 2.39. The van der Waals surface area contributed by atoms with Gasteiger partial charge in [0.1, 0.15) is 6.61 Å². The Morgan fingerprint density at radius 2 is 1.64 bits per heavy atom. The van der Waals surface area contributed by atoms with Crippen LogP contribution in [0.4, 0.5) is 5.69 Å². The van der Waals surface area contributed by atoms with Crippen LogP contribution in [0.1, 0.15) is 39.5 Å². The normalized spacial score (nSPS) is 15.4. The number of hydrogen-bond donors (Lipinski definition) is 0. The van der Waals surface area contributed by atoms with E-state index in [2.05, 4.69) is 0 Å². The maximum Gasteiger partial charge on any atom is 0.308 e. The number of benzene rings is 3. The van der Waals surface area contributed by atoms with Crippen LogP contribution in [-0.4, -0.2) is 11.9 Å². The molecule has 0 saturated carbocycles. The van der Waals surface area contributed by atoms with Gasteiger partial charge in [-0.05, 0) is 36.2 Å². The second-order valence-electron chi connectivity index (χ2n) is 6.97. The van der Waals surface area contributed by atoms with Crippen LogP contribution in [0.5, 0.6) is 0 Å². The summed E-state index contributed by atoms with van der Waals surface area (Å²) in [4.78, 5) is 27.4. The molecule has 140 valence electrons. The van der Waals surface area contributed by atoms with Crippen molar-refractivity contribution in [3.05, 3.63) is 101 Å². The van der Waals surface area contributed by atoms with Crippen molar-refractivity contribution in [3.63, 3.8) is 0 Å². The Hall–Kier alpha value is -3.40. The zero-order chi connectivity index (χ0) is 19.5. The predicted molar refractivity (Wildman–Crippen MR) is 108 cm³/mol. The van der Waals surface area contributed by atoms with Gasteiger partial charge in [-0.15, -0.1) is 0 Å². The number of esters is 1. The lowest BCUT2D eigenvalue weighted by Gasteiger charge is -2.25. The molecule has 1 heterocycles. The lowest BCUT2D eigenvalue weighted by atomic mass is 10.00. The molecule has 0 bridgehead atoms. The van der Waals surface area contributed by atoms with Crippen molar-refractivity contribution in [1.29, 1.82) is 0 Å². The average molecular weight is 371 g/mol. The van der Waals surface area contributed by atoms with Gasteiger partial charge in [0.25, 0.3) is 5.91 Å². The van der Waals surface area contributed by atoms with Crippen LogP contribution in [0, 0.1) is 6.92 Å². The SMILES string of the molecule is Cc1ccc2c(c1)C(=O)N(c1ccccc1)C2CC(=O)OCc1ccccc1. The first kappa shape index (κ1) is 18.0. The summed E-state index contributed by atoms with van der Waals surface area (Å²) in [6, 6.07) is 24.5. The Morgan fingerprint density at radius 3 is 2.36 bits per heavy atom. The third-order valence-corrected chi connectivity index (χ3v) is 4.97. The number of fused-ring (bicyclic) bond motifs is 1. The molecule has 0 aromatic heterocycles. The first-order valence-corrected chi connectivity index (χ1v) is 9.32. The van der Waals surface area contributed by atoms with E-state index in [0.717, 1.165) is 22.4 Å². The molecule has 1 atom stereocenters. The molecule has 3 aromatic carbocycles. The van der Waals surface area contributed by atoms with Gasteiger partial charge in [0.05, 0.1) is 12.5 Å². The van der Waals surface area contributed by atoms with Crippen molar-refractivity contribution in [2.75, 3.05) is 4.90 Å². The summed E-state index contributed by atoms with van der Waals surface area (Å²) in [5.74, 6) is -0.401. The summed E-state index contributed by atoms with van der Waals surface area (Å²) < 4.78 is 5.47. The van der Waals surface area contributed by atoms with Gasteiger partial charge in [-0.2, -0.15) is 0 Å². The van der Waals surface area contributed by atoms with E-state index >= 15 is 0 Å². The zero-order valence-corrected chi connectivity index (χ0v) is 15.7. The second kappa shape index (κ2) is 7.69. The number of carbonyl (C=O) groups excluding carboxylic acids is 2. The zero-order valence-electron chi connectivity index (χ0n) is 15.7. The molecule has 0 radical (unpaired) electrons. The van der Waals surface area contributed by atoms with Crippen LogP contribution in [-0.2, 0) is 16.1 Å². The fourth-order valence-electron chi connectivity index (χ4n) is 3.60. The van der Waals surface area contributed by atoms with Gasteiger partial charge in [-0.25, -0.2) is 0 Å². The van der Waals surface area contributed by atoms with Gasteiger partial charge in [-0.1, -0.05) is 66.2 Å². The minimum Gasteiger partial charge on any atom is -0.461 e. The Morgan fingerprint density at radius 1 is 0.964 bits per heavy atom. The predicted octanol–water partition coefficient (Wildman–Crippen LogP) is 4.83. The Bertz CT molecular complexity index is 999. The lowest BCUT2D eigenvalue weighted by Crippen LogP contribution is -2.29. The number of ether oxygens (including phenoxy) is 1. The van der Waals surface area contributed by atoms with Crippen molar-refractivity contribution in [2.24, 2.45) is 0 Å². The van der Waals surface area contributed by atoms with Crippen molar-refractivity contribution in [3.8, 4) is 0 Å². The number of carbonyl (C=O) groups is 2. The first-order chi connectivity index (χ1) is 13.6. The molecule has 0 fully saturated rings. The maximum absolute atomic E-state index is 13.1. The molecule has 3 aromatic rings. The molecule has 1 amide bonds. The highest BCUT2D eigenvalue weighted by Crippen LogP contribution is 2.40. The van der Waals surface area contributed by atoms with Crippen LogP contribution >= 0.6 is 0 Å². The van der Waals surface area contributed by atoms with E-state index in [1.807, 2.05) is 85.8 Å². The number of aryl methyl sites for hydroxylation is 1. The Balaban J connectivity index is 1.59. The highest BCUT2D eigenvalue weighted by atomic mass is 16.5. The largest absolute Gasteiger partial charge is 0.461 e. The third-order valence-electron chi connectivity index (χ3n) is 4.97. The number of nitrogens with zero attached hydrogens (tertiary/aromatic N) is 1. The molecular formula is C24H21NO3. The Labute approximate surface area is 164 Å². The number of hydrogen-bond acceptors (Lipinski definition) is 3. The lowest BCUT2D eigenvalue weighted by molar-refractivity contribution is -0.145. The van der Waals surface area contributed by atoms with E-state index in [1.165, 1.54) is 0 Å². The van der Waals surface area contributed by atoms with Crippen LogP contribution in [0.25, 0.3) is 0 Å². The third kappa shape index (κ3) is 3.54. The minimum absolute atomic E-state index is 0.0780. The molecule has 1 aliphatic rings. The molecule has 0 N–H and O–H groups in total. The average Bonchev–Trinajstić information content (AvgIpc) is 2.99. The van der Waals surface area contributed by atoms with Crippen LogP contribution < -0.4 is 4.90 Å². The summed E-state index contributed by atoms with van der Waals surface area (Å²) in [7, 11) is 0. The minimum atomic E-state index is -0.367. The summed E-state index contributed by atoms with van der Waals surface area (Å²) in [5.41, 5.74) is 4.27. The highest BCUT2D eigenvalue weighted by molar-refractivity contribution is 6.11. The van der Waals surface area contributed by atoms with Crippen molar-refractivity contribution in [1.82, 2.24) is 0 Å². The molecule has 1 unspecified atom stereocenters. The molecule has 4 heteroatoms. The van der Waals surface area contributed by atoms with Gasteiger partial charge in [0.2, 0.25) is 0 Å². The monoisotopic (exact) mass is 371 g/mol. The van der Waals surface area contributed by atoms with Gasteiger partial charge in [-0.3, -0.25) is 9.59 Å². The van der Waals surface area contributed by atoms with Crippen molar-refractivity contribution >= 4 is 17.6 Å². The molecular weight excluding hydrogens is 350 g/mol. The molecule has 4 nitrogen and oxygen atoms in total. The summed E-state index contributed by atoms with van der Waals surface area (Å²) >= 11 is 0. The standard InChI is InChI=1S/C24H21NO3/c1-17-12-13-20-21(14-17)24(27)25(19-10-6-3-7-11-19)22(20)15-23(26)28-16-18-8-4-2-5-9-18/h2-14,22H,15-16H2,1H3. The fraction of sp³-hybridized carbons (Fsp3) is 0.167. The smallest absolute Gasteiger partial charge is 0.308 e. The molecule has 0 spiro atoms. The number of para-hydroxylation sites is 1. The maximum atomic E-state index is 13.1. The molecule has 1 aliphatic heterocycles. The van der Waals surface area contributed by atoms with E-state index < -0.39 is 0 Å². The molecule has 28 heavy (non-hydrogen) atoms. The number of amides is 1. The Kier molecular flexibility index (Phi) is 4.94. The van der Waals surface area contributed by atoms with Gasteiger partial charge >= 0.3 is 5.97 Å². The van der Waals surface area contributed by atoms with E-state index in [0.29, 0.717) is 5.56 Å². The van der Waals surface area contributed by atoms with Crippen LogP contribution in [0.2, 0.25) is 0 Å². The van der Waals surface area contributed by atoms with Crippen molar-refractivity contribution in [2.45, 2.75) is 26.0 Å². The quantitative estimate of drug-likeness (QED) is 0.604. The van der Waals surface area contributed by atoms with E-state index in [1.54, 1.807) is 4.90 Å². The van der Waals surface area contributed by atoms with Crippen molar-refractivity contribution < 1.29 is 14.3 Å². The topological polar surface area (TPSA) is 46.6 Å². The summed E-state index contributed by atoms with van der Waals surface area (Å²) in [5, 5.41) is 0. The van der Waals surface area contributed by atoms with E-state index in [9.17, 15) is 9.59 Å². The second-order valence-corrected chi connectivity index (χ2v) is 6.97. The summed E-state index contributed by atoms with van der Waals surface area (Å²) in [6.45, 7) is 2.19. The van der Waals surface area contributed by atoms with Gasteiger partial charge < -0.3 is 9.64 Å². The van der Waals surface area contributed by atoms with E-state index in [4.69, 9.17) is 4.74 Å². The molecule has 0 saturated heterocycles. The van der Waals surface area contributed by atoms with E-state index in [-0.39, 0.29) is 30.9 Å². The van der Waals surface area contributed by atoms with Gasteiger partial charge in [0, 0.05) is 11.3 Å². The number of anilines is 1. The summed E-state index contributed by atoms with van der Waals surface area (Å²) in [6.07, 6.45) is 0.115. The first-order valence-electron chi connectivity index (χ1n) is 9.32. The molecule has 0 aliphatic carbocycles. The van der Waals surface area contributed by atoms with Gasteiger partial charge in [0.15, 0.2) is 0 Å².